The Morgan fingerprint density at radius 2 is 2.12 bits per heavy atom. The molecule has 1 unspecified atom stereocenters. The zero-order valence-corrected chi connectivity index (χ0v) is 12.0. The quantitative estimate of drug-likeness (QED) is 0.806. The van der Waals surface area contributed by atoms with Crippen LogP contribution in [0.25, 0.3) is 0 Å². The largest absolute Gasteiger partial charge is 0.330 e. The Bertz CT molecular complexity index is 190. The van der Waals surface area contributed by atoms with Gasteiger partial charge in [-0.1, -0.05) is 27.2 Å². The van der Waals surface area contributed by atoms with Crippen LogP contribution in [0.15, 0.2) is 0 Å². The van der Waals surface area contributed by atoms with Crippen molar-refractivity contribution >= 4 is 11.8 Å². The highest BCUT2D eigenvalue weighted by Crippen LogP contribution is 2.30. The third kappa shape index (κ3) is 5.07. The number of hydrogen-bond acceptors (Lipinski definition) is 3. The van der Waals surface area contributed by atoms with E-state index in [2.05, 4.69) is 37.4 Å². The molecule has 0 aromatic heterocycles. The van der Waals surface area contributed by atoms with Crippen LogP contribution in [0.3, 0.4) is 0 Å². The van der Waals surface area contributed by atoms with Crippen LogP contribution < -0.4 is 5.73 Å². The fourth-order valence-corrected chi connectivity index (χ4v) is 3.28. The van der Waals surface area contributed by atoms with Crippen molar-refractivity contribution in [2.45, 2.75) is 44.8 Å². The van der Waals surface area contributed by atoms with E-state index in [1.54, 1.807) is 0 Å². The predicted octanol–water partition coefficient (Wildman–Crippen LogP) is 2.58. The van der Waals surface area contributed by atoms with Crippen LogP contribution in [0, 0.1) is 5.92 Å². The molecule has 0 aromatic rings. The molecule has 0 amide bonds. The summed E-state index contributed by atoms with van der Waals surface area (Å²) in [7, 11) is 0. The second-order valence-corrected chi connectivity index (χ2v) is 7.30. The molecule has 16 heavy (non-hydrogen) atoms. The van der Waals surface area contributed by atoms with Crippen molar-refractivity contribution in [3.8, 4) is 0 Å². The molecule has 1 saturated heterocycles. The van der Waals surface area contributed by atoms with E-state index in [1.807, 2.05) is 0 Å². The molecular weight excluding hydrogens is 216 g/mol. The Hall–Kier alpha value is 0.270. The van der Waals surface area contributed by atoms with Gasteiger partial charge in [-0.25, -0.2) is 0 Å². The molecule has 96 valence electrons. The van der Waals surface area contributed by atoms with Crippen LogP contribution >= 0.6 is 11.8 Å². The van der Waals surface area contributed by atoms with Gasteiger partial charge in [-0.2, -0.15) is 11.8 Å². The second kappa shape index (κ2) is 6.87. The summed E-state index contributed by atoms with van der Waals surface area (Å²) in [6.45, 7) is 11.6. The molecule has 0 spiro atoms. The van der Waals surface area contributed by atoms with Crippen LogP contribution in [0.1, 0.15) is 40.0 Å². The highest BCUT2D eigenvalue weighted by molar-refractivity contribution is 8.00. The monoisotopic (exact) mass is 244 g/mol. The first-order valence-electron chi connectivity index (χ1n) is 6.64. The van der Waals surface area contributed by atoms with Crippen molar-refractivity contribution < 1.29 is 0 Å². The van der Waals surface area contributed by atoms with Gasteiger partial charge in [-0.3, -0.25) is 0 Å². The van der Waals surface area contributed by atoms with E-state index in [0.717, 1.165) is 12.5 Å². The van der Waals surface area contributed by atoms with Crippen LogP contribution in [0.5, 0.6) is 0 Å². The minimum Gasteiger partial charge on any atom is -0.330 e. The van der Waals surface area contributed by atoms with Gasteiger partial charge in [0.05, 0.1) is 0 Å². The van der Waals surface area contributed by atoms with Crippen molar-refractivity contribution in [2.24, 2.45) is 11.7 Å². The SMILES string of the molecule is CCC(CN)CCN1CCSC(C)(C)CC1. The lowest BCUT2D eigenvalue weighted by Gasteiger charge is -2.23. The smallest absolute Gasteiger partial charge is 0.0116 e. The molecule has 0 aliphatic carbocycles. The topological polar surface area (TPSA) is 29.3 Å². The standard InChI is InChI=1S/C13H28N2S/c1-4-12(11-14)5-7-15-8-6-13(2,3)16-10-9-15/h12H,4-11,14H2,1-3H3. The van der Waals surface area contributed by atoms with Crippen molar-refractivity contribution in [3.05, 3.63) is 0 Å². The number of nitrogens with zero attached hydrogens (tertiary/aromatic N) is 1. The van der Waals surface area contributed by atoms with E-state index in [4.69, 9.17) is 5.73 Å². The van der Waals surface area contributed by atoms with E-state index >= 15 is 0 Å². The van der Waals surface area contributed by atoms with E-state index < -0.39 is 0 Å². The predicted molar refractivity (Wildman–Crippen MR) is 75.0 cm³/mol. The maximum Gasteiger partial charge on any atom is 0.0116 e. The minimum absolute atomic E-state index is 0.479. The van der Waals surface area contributed by atoms with Gasteiger partial charge in [-0.15, -0.1) is 0 Å². The summed E-state index contributed by atoms with van der Waals surface area (Å²) in [4.78, 5) is 2.63. The average Bonchev–Trinajstić information content (AvgIpc) is 2.41. The Morgan fingerprint density at radius 3 is 2.75 bits per heavy atom. The van der Waals surface area contributed by atoms with Crippen molar-refractivity contribution in [2.75, 3.05) is 31.9 Å². The zero-order chi connectivity index (χ0) is 12.0. The van der Waals surface area contributed by atoms with Crippen LogP contribution in [0.2, 0.25) is 0 Å². The third-order valence-corrected chi connectivity index (χ3v) is 5.07. The molecule has 1 heterocycles. The van der Waals surface area contributed by atoms with E-state index in [1.165, 1.54) is 44.6 Å². The minimum atomic E-state index is 0.479. The summed E-state index contributed by atoms with van der Waals surface area (Å²) in [6.07, 6.45) is 3.82. The molecule has 1 fully saturated rings. The van der Waals surface area contributed by atoms with Gasteiger partial charge >= 0.3 is 0 Å². The lowest BCUT2D eigenvalue weighted by Crippen LogP contribution is -2.30. The van der Waals surface area contributed by atoms with Crippen molar-refractivity contribution in [1.82, 2.24) is 4.90 Å². The zero-order valence-electron chi connectivity index (χ0n) is 11.2. The first-order chi connectivity index (χ1) is 7.57. The fraction of sp³-hybridized carbons (Fsp3) is 1.00. The molecule has 3 heteroatoms. The summed E-state index contributed by atoms with van der Waals surface area (Å²) in [5, 5.41) is 0. The maximum absolute atomic E-state index is 5.75. The number of hydrogen-bond donors (Lipinski definition) is 1. The average molecular weight is 244 g/mol. The Morgan fingerprint density at radius 1 is 1.38 bits per heavy atom. The van der Waals surface area contributed by atoms with Gasteiger partial charge in [0.25, 0.3) is 0 Å². The normalized spacial score (nSPS) is 24.0. The molecule has 1 aliphatic heterocycles. The molecule has 2 nitrogen and oxygen atoms in total. The lowest BCUT2D eigenvalue weighted by atomic mass is 10.0. The van der Waals surface area contributed by atoms with E-state index in [9.17, 15) is 0 Å². The molecule has 0 saturated carbocycles. The Labute approximate surface area is 105 Å². The van der Waals surface area contributed by atoms with Gasteiger partial charge < -0.3 is 10.6 Å². The molecule has 2 N–H and O–H groups in total. The summed E-state index contributed by atoms with van der Waals surface area (Å²) in [6, 6.07) is 0. The highest BCUT2D eigenvalue weighted by atomic mass is 32.2. The van der Waals surface area contributed by atoms with Crippen molar-refractivity contribution in [3.63, 3.8) is 0 Å². The van der Waals surface area contributed by atoms with Gasteiger partial charge in [0, 0.05) is 17.0 Å². The third-order valence-electron chi connectivity index (χ3n) is 3.69. The van der Waals surface area contributed by atoms with Gasteiger partial charge in [0.1, 0.15) is 0 Å². The van der Waals surface area contributed by atoms with E-state index in [-0.39, 0.29) is 0 Å². The first-order valence-corrected chi connectivity index (χ1v) is 7.62. The van der Waals surface area contributed by atoms with Crippen LogP contribution in [0.4, 0.5) is 0 Å². The molecule has 0 aromatic carbocycles. The van der Waals surface area contributed by atoms with E-state index in [0.29, 0.717) is 4.75 Å². The molecule has 1 atom stereocenters. The number of rotatable bonds is 5. The van der Waals surface area contributed by atoms with Crippen LogP contribution in [-0.4, -0.2) is 41.6 Å². The summed E-state index contributed by atoms with van der Waals surface area (Å²) >= 11 is 2.12. The lowest BCUT2D eigenvalue weighted by molar-refractivity contribution is 0.259. The Kier molecular flexibility index (Phi) is 6.16. The number of thioether (sulfide) groups is 1. The summed E-state index contributed by atoms with van der Waals surface area (Å²) in [5.74, 6) is 2.01. The Balaban J connectivity index is 2.27. The second-order valence-electron chi connectivity index (χ2n) is 5.50. The highest BCUT2D eigenvalue weighted by Gasteiger charge is 2.23. The molecule has 0 radical (unpaired) electrons. The summed E-state index contributed by atoms with van der Waals surface area (Å²) < 4.78 is 0.479. The number of nitrogens with two attached hydrogens (primary N) is 1. The van der Waals surface area contributed by atoms with Gasteiger partial charge in [0.2, 0.25) is 0 Å². The van der Waals surface area contributed by atoms with Crippen LogP contribution in [-0.2, 0) is 0 Å². The fourth-order valence-electron chi connectivity index (χ4n) is 2.14. The van der Waals surface area contributed by atoms with Crippen molar-refractivity contribution in [1.29, 1.82) is 0 Å². The first kappa shape index (κ1) is 14.3. The molecule has 1 aliphatic rings. The maximum atomic E-state index is 5.75. The molecule has 1 rings (SSSR count). The molecular formula is C13H28N2S. The summed E-state index contributed by atoms with van der Waals surface area (Å²) in [5.41, 5.74) is 5.75. The van der Waals surface area contributed by atoms with Gasteiger partial charge in [0.15, 0.2) is 0 Å². The molecule has 0 bridgehead atoms. The van der Waals surface area contributed by atoms with Gasteiger partial charge in [-0.05, 0) is 38.4 Å².